The smallest absolute Gasteiger partial charge is 0.246 e. The number of hydrogen-bond acceptors (Lipinski definition) is 5. The number of benzene rings is 2. The minimum Gasteiger partial charge on any atom is -0.454 e. The van der Waals surface area contributed by atoms with Gasteiger partial charge in [0, 0.05) is 48.7 Å². The van der Waals surface area contributed by atoms with E-state index < -0.39 is 0 Å². The molecule has 0 aliphatic rings. The van der Waals surface area contributed by atoms with E-state index in [1.807, 2.05) is 79.0 Å². The Morgan fingerprint density at radius 3 is 2.69 bits per heavy atom. The zero-order valence-electron chi connectivity index (χ0n) is 19.5. The molecule has 0 saturated carbocycles. The second-order valence-corrected chi connectivity index (χ2v) is 8.22. The predicted octanol–water partition coefficient (Wildman–Crippen LogP) is 5.64. The number of amides is 1. The summed E-state index contributed by atoms with van der Waals surface area (Å²) in [6.07, 6.45) is 8.80. The monoisotopic (exact) mass is 473 g/mol. The highest BCUT2D eigenvalue weighted by Gasteiger charge is 2.17. The standard InChI is InChI=1S/C29H23N5O2/c30-15-7-17-33(20-22-8-6-16-31-19-22)28(35)14-13-24-21-34(25-10-2-1-3-11-25)32-29(24)27-18-23-9-4-5-12-26(23)36-27/h1-6,8-14,16,18-19,21H,7,17,20H2. The fraction of sp³-hybridized carbons (Fsp3) is 0.103. The molecule has 0 saturated heterocycles. The Hall–Kier alpha value is -4.96. The normalized spacial score (nSPS) is 11.1. The minimum atomic E-state index is -0.197. The molecule has 0 aliphatic heterocycles. The van der Waals surface area contributed by atoms with Crippen molar-refractivity contribution < 1.29 is 9.21 Å². The molecule has 3 aromatic heterocycles. The van der Waals surface area contributed by atoms with E-state index >= 15 is 0 Å². The number of nitriles is 1. The van der Waals surface area contributed by atoms with E-state index in [2.05, 4.69) is 11.1 Å². The fourth-order valence-corrected chi connectivity index (χ4v) is 3.94. The van der Waals surface area contributed by atoms with Crippen LogP contribution in [-0.4, -0.2) is 32.1 Å². The lowest BCUT2D eigenvalue weighted by Gasteiger charge is -2.19. The second-order valence-electron chi connectivity index (χ2n) is 8.22. The van der Waals surface area contributed by atoms with E-state index in [4.69, 9.17) is 14.8 Å². The van der Waals surface area contributed by atoms with Gasteiger partial charge >= 0.3 is 0 Å². The van der Waals surface area contributed by atoms with Gasteiger partial charge in [-0.1, -0.05) is 42.5 Å². The number of furan rings is 1. The van der Waals surface area contributed by atoms with Crippen LogP contribution in [-0.2, 0) is 11.3 Å². The van der Waals surface area contributed by atoms with Crippen LogP contribution in [0.2, 0.25) is 0 Å². The van der Waals surface area contributed by atoms with Crippen molar-refractivity contribution in [1.29, 1.82) is 5.26 Å². The molecule has 0 radical (unpaired) electrons. The van der Waals surface area contributed by atoms with Crippen LogP contribution in [0.1, 0.15) is 17.5 Å². The maximum Gasteiger partial charge on any atom is 0.246 e. The molecule has 5 aromatic rings. The van der Waals surface area contributed by atoms with Crippen LogP contribution >= 0.6 is 0 Å². The third-order valence-electron chi connectivity index (χ3n) is 5.73. The first-order valence-electron chi connectivity index (χ1n) is 11.6. The first kappa shape index (κ1) is 22.8. The maximum atomic E-state index is 13.2. The lowest BCUT2D eigenvalue weighted by molar-refractivity contribution is -0.126. The molecule has 0 spiro atoms. The maximum absolute atomic E-state index is 13.2. The number of para-hydroxylation sites is 2. The summed E-state index contributed by atoms with van der Waals surface area (Å²) in [6, 6.07) is 25.4. The van der Waals surface area contributed by atoms with Gasteiger partial charge in [-0.05, 0) is 42.0 Å². The molecule has 0 N–H and O–H groups in total. The molecule has 2 aromatic carbocycles. The fourth-order valence-electron chi connectivity index (χ4n) is 3.94. The lowest BCUT2D eigenvalue weighted by Crippen LogP contribution is -2.29. The zero-order chi connectivity index (χ0) is 24.7. The van der Waals surface area contributed by atoms with Gasteiger partial charge in [-0.15, -0.1) is 0 Å². The van der Waals surface area contributed by atoms with E-state index in [-0.39, 0.29) is 12.3 Å². The van der Waals surface area contributed by atoms with Crippen molar-refractivity contribution in [3.8, 4) is 23.2 Å². The van der Waals surface area contributed by atoms with Gasteiger partial charge in [0.05, 0.1) is 18.2 Å². The van der Waals surface area contributed by atoms with Crippen molar-refractivity contribution in [3.05, 3.63) is 109 Å². The average molecular weight is 474 g/mol. The van der Waals surface area contributed by atoms with E-state index in [1.165, 1.54) is 6.08 Å². The van der Waals surface area contributed by atoms with Crippen LogP contribution in [0.5, 0.6) is 0 Å². The summed E-state index contributed by atoms with van der Waals surface area (Å²) in [7, 11) is 0. The number of fused-ring (bicyclic) bond motifs is 1. The Bertz CT molecular complexity index is 1510. The minimum absolute atomic E-state index is 0.197. The number of carbonyl (C=O) groups excluding carboxylic acids is 1. The largest absolute Gasteiger partial charge is 0.454 e. The molecule has 5 rings (SSSR count). The van der Waals surface area contributed by atoms with Crippen LogP contribution in [0, 0.1) is 11.3 Å². The molecule has 7 heteroatoms. The molecule has 7 nitrogen and oxygen atoms in total. The van der Waals surface area contributed by atoms with Gasteiger partial charge in [0.2, 0.25) is 5.91 Å². The molecular formula is C29H23N5O2. The Balaban J connectivity index is 1.48. The van der Waals surface area contributed by atoms with Gasteiger partial charge in [0.25, 0.3) is 0 Å². The van der Waals surface area contributed by atoms with Crippen LogP contribution < -0.4 is 0 Å². The number of rotatable bonds is 8. The van der Waals surface area contributed by atoms with Crippen LogP contribution in [0.4, 0.5) is 0 Å². The molecule has 0 aliphatic carbocycles. The van der Waals surface area contributed by atoms with E-state index in [9.17, 15) is 4.79 Å². The Morgan fingerprint density at radius 1 is 1.08 bits per heavy atom. The van der Waals surface area contributed by atoms with E-state index in [0.29, 0.717) is 24.5 Å². The number of hydrogen-bond donors (Lipinski definition) is 0. The lowest BCUT2D eigenvalue weighted by atomic mass is 10.1. The van der Waals surface area contributed by atoms with Gasteiger partial charge in [0.1, 0.15) is 11.3 Å². The van der Waals surface area contributed by atoms with Crippen LogP contribution in [0.25, 0.3) is 34.2 Å². The molecule has 0 fully saturated rings. The van der Waals surface area contributed by atoms with Crippen LogP contribution in [0.15, 0.2) is 102 Å². The highest BCUT2D eigenvalue weighted by molar-refractivity contribution is 5.93. The Kier molecular flexibility index (Phi) is 6.68. The molecule has 1 amide bonds. The molecule has 176 valence electrons. The summed E-state index contributed by atoms with van der Waals surface area (Å²) < 4.78 is 7.86. The first-order chi connectivity index (χ1) is 17.7. The van der Waals surface area contributed by atoms with Crippen molar-refractivity contribution in [3.63, 3.8) is 0 Å². The third-order valence-corrected chi connectivity index (χ3v) is 5.73. The van der Waals surface area contributed by atoms with Crippen LogP contribution in [0.3, 0.4) is 0 Å². The predicted molar refractivity (Wildman–Crippen MR) is 138 cm³/mol. The summed E-state index contributed by atoms with van der Waals surface area (Å²) in [5, 5.41) is 14.8. The van der Waals surface area contributed by atoms with E-state index in [0.717, 1.165) is 27.8 Å². The topological polar surface area (TPSA) is 88.0 Å². The molecule has 0 unspecified atom stereocenters. The summed E-state index contributed by atoms with van der Waals surface area (Å²) in [5.74, 6) is 0.423. The van der Waals surface area contributed by atoms with Gasteiger partial charge in [-0.2, -0.15) is 10.4 Å². The van der Waals surface area contributed by atoms with Gasteiger partial charge in [0.15, 0.2) is 5.76 Å². The summed E-state index contributed by atoms with van der Waals surface area (Å²) in [5.41, 5.74) is 3.94. The number of pyridine rings is 1. The second kappa shape index (κ2) is 10.5. The van der Waals surface area contributed by atoms with Gasteiger partial charge in [-0.3, -0.25) is 9.78 Å². The van der Waals surface area contributed by atoms with Gasteiger partial charge < -0.3 is 9.32 Å². The molecule has 36 heavy (non-hydrogen) atoms. The molecule has 0 atom stereocenters. The van der Waals surface area contributed by atoms with Crippen molar-refractivity contribution in [2.75, 3.05) is 6.54 Å². The summed E-state index contributed by atoms with van der Waals surface area (Å²) >= 11 is 0. The average Bonchev–Trinajstić information content (AvgIpc) is 3.55. The number of nitrogens with zero attached hydrogens (tertiary/aromatic N) is 5. The highest BCUT2D eigenvalue weighted by Crippen LogP contribution is 2.30. The molecule has 3 heterocycles. The van der Waals surface area contributed by atoms with Crippen molar-refractivity contribution >= 4 is 23.0 Å². The number of carbonyl (C=O) groups is 1. The highest BCUT2D eigenvalue weighted by atomic mass is 16.3. The summed E-state index contributed by atoms with van der Waals surface area (Å²) in [4.78, 5) is 18.9. The van der Waals surface area contributed by atoms with Crippen molar-refractivity contribution in [2.24, 2.45) is 0 Å². The Morgan fingerprint density at radius 2 is 1.92 bits per heavy atom. The van der Waals surface area contributed by atoms with Crippen molar-refractivity contribution in [1.82, 2.24) is 19.7 Å². The molecular weight excluding hydrogens is 450 g/mol. The van der Waals surface area contributed by atoms with Gasteiger partial charge in [-0.25, -0.2) is 4.68 Å². The summed E-state index contributed by atoms with van der Waals surface area (Å²) in [6.45, 7) is 0.701. The van der Waals surface area contributed by atoms with Crippen molar-refractivity contribution in [2.45, 2.75) is 13.0 Å². The Labute approximate surface area is 208 Å². The van der Waals surface area contributed by atoms with E-state index in [1.54, 1.807) is 28.1 Å². The third kappa shape index (κ3) is 5.08. The molecule has 0 bridgehead atoms. The SMILES string of the molecule is N#CCCN(Cc1cccnc1)C(=O)C=Cc1cn(-c2ccccc2)nc1-c1cc2ccccc2o1. The quantitative estimate of drug-likeness (QED) is 0.272. The first-order valence-corrected chi connectivity index (χ1v) is 11.6. The zero-order valence-corrected chi connectivity index (χ0v) is 19.5. The number of aromatic nitrogens is 3.